The molecular weight excluding hydrogens is 366 g/mol. The van der Waals surface area contributed by atoms with Gasteiger partial charge in [-0.1, -0.05) is 24.3 Å². The van der Waals surface area contributed by atoms with Gasteiger partial charge in [-0.2, -0.15) is 0 Å². The molecule has 0 bridgehead atoms. The third kappa shape index (κ3) is 2.82. The van der Waals surface area contributed by atoms with Gasteiger partial charge in [0, 0.05) is 45.2 Å². The summed E-state index contributed by atoms with van der Waals surface area (Å²) in [6.07, 6.45) is 3.38. The van der Waals surface area contributed by atoms with E-state index in [2.05, 4.69) is 28.2 Å². The van der Waals surface area contributed by atoms with Gasteiger partial charge in [-0.3, -0.25) is 9.69 Å². The Labute approximate surface area is 169 Å². The average Bonchev–Trinajstić information content (AvgIpc) is 3.06. The summed E-state index contributed by atoms with van der Waals surface area (Å²) >= 11 is 0. The molecule has 2 aliphatic heterocycles. The molecule has 2 aromatic carbocycles. The lowest BCUT2D eigenvalue weighted by Gasteiger charge is -2.36. The normalized spacial score (nSPS) is 14.7. The molecule has 0 spiro atoms. The molecule has 1 aromatic heterocycles. The maximum absolute atomic E-state index is 12.7. The van der Waals surface area contributed by atoms with Crippen LogP contribution in [-0.2, 0) is 17.8 Å². The summed E-state index contributed by atoms with van der Waals surface area (Å²) < 4.78 is 5.44. The van der Waals surface area contributed by atoms with Gasteiger partial charge < -0.3 is 14.5 Å². The zero-order chi connectivity index (χ0) is 20.0. The Balaban J connectivity index is 1.49. The predicted molar refractivity (Wildman–Crippen MR) is 111 cm³/mol. The number of hydrogen-bond acceptors (Lipinski definition) is 6. The van der Waals surface area contributed by atoms with Crippen molar-refractivity contribution in [3.8, 4) is 0 Å². The van der Waals surface area contributed by atoms with Gasteiger partial charge in [0.1, 0.15) is 6.73 Å². The highest BCUT2D eigenvalue weighted by Gasteiger charge is 2.30. The third-order valence-electron chi connectivity index (χ3n) is 5.45. The molecule has 0 fully saturated rings. The zero-order valence-corrected chi connectivity index (χ0v) is 16.4. The first-order chi connectivity index (χ1) is 14.2. The molecule has 5 rings (SSSR count). The van der Waals surface area contributed by atoms with Crippen molar-refractivity contribution in [1.29, 1.82) is 0 Å². The summed E-state index contributed by atoms with van der Waals surface area (Å²) in [7, 11) is 3.65. The van der Waals surface area contributed by atoms with Crippen LogP contribution in [0, 0.1) is 0 Å². The van der Waals surface area contributed by atoms with E-state index in [0.717, 1.165) is 39.7 Å². The highest BCUT2D eigenvalue weighted by atomic mass is 16.5. The average molecular weight is 387 g/mol. The quantitative estimate of drug-likeness (QED) is 0.683. The van der Waals surface area contributed by atoms with Crippen molar-refractivity contribution >= 4 is 28.9 Å². The fraction of sp³-hybridized carbons (Fsp3) is 0.227. The minimum absolute atomic E-state index is 0.0837. The monoisotopic (exact) mass is 387 g/mol. The number of ether oxygens (including phenoxy) is 1. The van der Waals surface area contributed by atoms with E-state index in [9.17, 15) is 4.79 Å². The van der Waals surface area contributed by atoms with Gasteiger partial charge >= 0.3 is 0 Å². The second kappa shape index (κ2) is 6.86. The number of carbonyl (C=O) groups excluding carboxylic acids is 1. The Hall–Kier alpha value is -3.45. The van der Waals surface area contributed by atoms with Gasteiger partial charge in [0.05, 0.1) is 11.4 Å². The fourth-order valence-electron chi connectivity index (χ4n) is 4.07. The van der Waals surface area contributed by atoms with Gasteiger partial charge in [0.15, 0.2) is 11.6 Å². The number of methoxy groups -OCH3 is 1. The molecule has 3 heterocycles. The van der Waals surface area contributed by atoms with Crippen molar-refractivity contribution in [2.75, 3.05) is 30.7 Å². The first-order valence-electron chi connectivity index (χ1n) is 9.48. The molecule has 0 N–H and O–H groups in total. The molecule has 1 amide bonds. The topological polar surface area (TPSA) is 61.8 Å². The number of aromatic nitrogens is 2. The number of nitrogens with zero attached hydrogens (tertiary/aromatic N) is 5. The number of carbonyl (C=O) groups is 1. The number of rotatable bonds is 4. The van der Waals surface area contributed by atoms with Crippen molar-refractivity contribution in [3.05, 3.63) is 71.5 Å². The van der Waals surface area contributed by atoms with Crippen LogP contribution in [0.15, 0.2) is 54.9 Å². The maximum Gasteiger partial charge on any atom is 0.254 e. The van der Waals surface area contributed by atoms with Crippen molar-refractivity contribution in [2.24, 2.45) is 0 Å². The fourth-order valence-corrected chi connectivity index (χ4v) is 4.07. The zero-order valence-electron chi connectivity index (χ0n) is 16.4. The lowest BCUT2D eigenvalue weighted by atomic mass is 10.1. The first kappa shape index (κ1) is 17.6. The summed E-state index contributed by atoms with van der Waals surface area (Å²) in [5.41, 5.74) is 4.96. The van der Waals surface area contributed by atoms with Crippen LogP contribution in [0.2, 0.25) is 0 Å². The lowest BCUT2D eigenvalue weighted by Crippen LogP contribution is -2.31. The lowest BCUT2D eigenvalue weighted by molar-refractivity contribution is 0.0766. The van der Waals surface area contributed by atoms with Crippen LogP contribution in [0.25, 0.3) is 0 Å². The van der Waals surface area contributed by atoms with Crippen molar-refractivity contribution in [3.63, 3.8) is 0 Å². The van der Waals surface area contributed by atoms with Gasteiger partial charge in [0.2, 0.25) is 0 Å². The molecule has 146 valence electrons. The second-order valence-electron chi connectivity index (χ2n) is 7.25. The Morgan fingerprint density at radius 1 is 1.03 bits per heavy atom. The molecule has 0 aliphatic carbocycles. The molecule has 0 saturated heterocycles. The summed E-state index contributed by atoms with van der Waals surface area (Å²) in [5, 5.41) is 0. The summed E-state index contributed by atoms with van der Waals surface area (Å²) in [6, 6.07) is 14.1. The van der Waals surface area contributed by atoms with E-state index in [4.69, 9.17) is 4.74 Å². The molecular formula is C22H21N5O2. The molecule has 0 unspecified atom stereocenters. The van der Waals surface area contributed by atoms with Crippen LogP contribution >= 0.6 is 0 Å². The molecule has 2 aliphatic rings. The number of hydrogen-bond donors (Lipinski definition) is 0. The summed E-state index contributed by atoms with van der Waals surface area (Å²) in [6.45, 7) is 1.56. The summed E-state index contributed by atoms with van der Waals surface area (Å²) in [4.78, 5) is 27.7. The first-order valence-corrected chi connectivity index (χ1v) is 9.48. The van der Waals surface area contributed by atoms with Crippen LogP contribution in [0.4, 0.5) is 23.0 Å². The third-order valence-corrected chi connectivity index (χ3v) is 5.45. The van der Waals surface area contributed by atoms with E-state index >= 15 is 0 Å². The van der Waals surface area contributed by atoms with Crippen LogP contribution in [-0.4, -0.2) is 41.7 Å². The van der Waals surface area contributed by atoms with Crippen LogP contribution < -0.4 is 9.80 Å². The summed E-state index contributed by atoms with van der Waals surface area (Å²) in [5.74, 6) is 1.63. The second-order valence-corrected chi connectivity index (χ2v) is 7.25. The standard InChI is InChI=1S/C22H21N5O2/c1-25-18-8-7-15(12-26-13-16-5-3-4-6-17(16)22(26)28)11-19(18)27(14-29-2)21-20(25)23-9-10-24-21/h3-11H,12-14H2,1-2H3. The minimum atomic E-state index is 0.0837. The minimum Gasteiger partial charge on any atom is -0.364 e. The number of anilines is 4. The van der Waals surface area contributed by atoms with E-state index in [1.165, 1.54) is 0 Å². The maximum atomic E-state index is 12.7. The predicted octanol–water partition coefficient (Wildman–Crippen LogP) is 3.46. The molecule has 0 atom stereocenters. The molecule has 7 nitrogen and oxygen atoms in total. The smallest absolute Gasteiger partial charge is 0.254 e. The number of amides is 1. The Kier molecular flexibility index (Phi) is 4.17. The van der Waals surface area contributed by atoms with E-state index < -0.39 is 0 Å². The molecule has 3 aromatic rings. The molecule has 0 radical (unpaired) electrons. The largest absolute Gasteiger partial charge is 0.364 e. The Morgan fingerprint density at radius 3 is 2.62 bits per heavy atom. The Bertz CT molecular complexity index is 1100. The van der Waals surface area contributed by atoms with Crippen LogP contribution in [0.5, 0.6) is 0 Å². The SMILES string of the molecule is COCN1c2cc(CN3Cc4ccccc4C3=O)ccc2N(C)c2nccnc21. The van der Waals surface area contributed by atoms with E-state index in [-0.39, 0.29) is 5.91 Å². The highest BCUT2D eigenvalue weighted by Crippen LogP contribution is 2.45. The number of fused-ring (bicyclic) bond motifs is 3. The van der Waals surface area contributed by atoms with Gasteiger partial charge in [-0.25, -0.2) is 9.97 Å². The van der Waals surface area contributed by atoms with Crippen molar-refractivity contribution in [1.82, 2.24) is 14.9 Å². The van der Waals surface area contributed by atoms with E-state index in [1.807, 2.05) is 46.0 Å². The van der Waals surface area contributed by atoms with Gasteiger partial charge in [0.25, 0.3) is 5.91 Å². The molecule has 0 saturated carbocycles. The van der Waals surface area contributed by atoms with E-state index in [1.54, 1.807) is 19.5 Å². The highest BCUT2D eigenvalue weighted by molar-refractivity contribution is 5.98. The van der Waals surface area contributed by atoms with Crippen molar-refractivity contribution < 1.29 is 9.53 Å². The molecule has 7 heteroatoms. The van der Waals surface area contributed by atoms with E-state index in [0.29, 0.717) is 19.8 Å². The van der Waals surface area contributed by atoms with Crippen LogP contribution in [0.1, 0.15) is 21.5 Å². The number of benzene rings is 2. The Morgan fingerprint density at radius 2 is 1.83 bits per heavy atom. The van der Waals surface area contributed by atoms with Gasteiger partial charge in [-0.05, 0) is 29.3 Å². The van der Waals surface area contributed by atoms with Crippen LogP contribution in [0.3, 0.4) is 0 Å². The molecule has 29 heavy (non-hydrogen) atoms. The van der Waals surface area contributed by atoms with Gasteiger partial charge in [-0.15, -0.1) is 0 Å². The van der Waals surface area contributed by atoms with Crippen molar-refractivity contribution in [2.45, 2.75) is 13.1 Å².